The Bertz CT molecular complexity index is 1230. The minimum absolute atomic E-state index is 0.0522. The molecule has 2 aromatic heterocycles. The fourth-order valence-corrected chi connectivity index (χ4v) is 4.81. The van der Waals surface area contributed by atoms with E-state index in [4.69, 9.17) is 4.98 Å². The molecule has 6 heteroatoms. The van der Waals surface area contributed by atoms with Crippen molar-refractivity contribution in [1.82, 2.24) is 14.5 Å². The number of likely N-dealkylation sites (N-methyl/N-ethyl adjacent to an activating group) is 1. The fraction of sp³-hybridized carbons (Fsp3) is 0.280. The summed E-state index contributed by atoms with van der Waals surface area (Å²) in [5.41, 5.74) is 2.41. The minimum atomic E-state index is -0.275. The van der Waals surface area contributed by atoms with E-state index >= 15 is 0 Å². The molecule has 0 fully saturated rings. The van der Waals surface area contributed by atoms with Crippen LogP contribution < -0.4 is 5.56 Å². The van der Waals surface area contributed by atoms with Crippen LogP contribution in [0.3, 0.4) is 0 Å². The topological polar surface area (TPSA) is 38.1 Å². The van der Waals surface area contributed by atoms with Gasteiger partial charge in [-0.1, -0.05) is 62.4 Å². The van der Waals surface area contributed by atoms with Gasteiger partial charge in [-0.05, 0) is 30.3 Å². The third-order valence-corrected chi connectivity index (χ3v) is 6.57. The molecular weight excluding hydrogens is 409 g/mol. The lowest BCUT2D eigenvalue weighted by Crippen LogP contribution is -2.33. The van der Waals surface area contributed by atoms with Gasteiger partial charge in [0.1, 0.15) is 16.5 Å². The van der Waals surface area contributed by atoms with Gasteiger partial charge in [0.15, 0.2) is 0 Å². The molecule has 160 valence electrons. The Morgan fingerprint density at radius 2 is 1.74 bits per heavy atom. The van der Waals surface area contributed by atoms with Crippen LogP contribution in [0.4, 0.5) is 4.39 Å². The van der Waals surface area contributed by atoms with Gasteiger partial charge in [-0.15, -0.1) is 11.3 Å². The largest absolute Gasteiger partial charge is 0.302 e. The molecule has 31 heavy (non-hydrogen) atoms. The number of benzene rings is 2. The average Bonchev–Trinajstić information content (AvgIpc) is 3.22. The molecule has 0 radical (unpaired) electrons. The zero-order valence-electron chi connectivity index (χ0n) is 17.8. The molecule has 0 amide bonds. The molecular formula is C25H26FN3OS. The molecule has 0 spiro atoms. The number of thiophene rings is 1. The maximum atomic E-state index is 14.3. The molecule has 0 N–H and O–H groups in total. The van der Waals surface area contributed by atoms with E-state index in [9.17, 15) is 9.18 Å². The first-order valence-corrected chi connectivity index (χ1v) is 11.5. The van der Waals surface area contributed by atoms with Crippen LogP contribution in [0.2, 0.25) is 0 Å². The molecule has 0 aliphatic rings. The number of fused-ring (bicyclic) bond motifs is 1. The first-order chi connectivity index (χ1) is 15.1. The maximum absolute atomic E-state index is 14.3. The molecule has 2 heterocycles. The van der Waals surface area contributed by atoms with Gasteiger partial charge in [0, 0.05) is 30.5 Å². The second kappa shape index (κ2) is 9.54. The lowest BCUT2D eigenvalue weighted by molar-refractivity contribution is 0.287. The number of rotatable bonds is 8. The second-order valence-electron chi connectivity index (χ2n) is 7.48. The molecule has 0 bridgehead atoms. The lowest BCUT2D eigenvalue weighted by atomic mass is 10.1. The van der Waals surface area contributed by atoms with Crippen LogP contribution in [-0.4, -0.2) is 34.1 Å². The van der Waals surface area contributed by atoms with Crippen molar-refractivity contribution in [2.75, 3.05) is 19.6 Å². The van der Waals surface area contributed by atoms with Crippen molar-refractivity contribution in [1.29, 1.82) is 0 Å². The van der Waals surface area contributed by atoms with E-state index in [1.54, 1.807) is 16.7 Å². The first kappa shape index (κ1) is 21.4. The normalized spacial score (nSPS) is 11.5. The summed E-state index contributed by atoms with van der Waals surface area (Å²) in [6.45, 7) is 7.32. The summed E-state index contributed by atoms with van der Waals surface area (Å²) in [4.78, 5) is 21.5. The molecule has 4 nitrogen and oxygen atoms in total. The predicted octanol–water partition coefficient (Wildman–Crippen LogP) is 5.20. The number of hydrogen-bond acceptors (Lipinski definition) is 4. The number of halogens is 1. The highest BCUT2D eigenvalue weighted by Crippen LogP contribution is 2.31. The number of hydrogen-bond donors (Lipinski definition) is 0. The summed E-state index contributed by atoms with van der Waals surface area (Å²) in [5, 5.41) is 2.64. The van der Waals surface area contributed by atoms with Gasteiger partial charge in [0.2, 0.25) is 0 Å². The van der Waals surface area contributed by atoms with E-state index in [2.05, 4.69) is 18.7 Å². The Morgan fingerprint density at radius 3 is 2.45 bits per heavy atom. The van der Waals surface area contributed by atoms with Crippen molar-refractivity contribution in [3.8, 4) is 11.1 Å². The third-order valence-electron chi connectivity index (χ3n) is 5.70. The van der Waals surface area contributed by atoms with Gasteiger partial charge < -0.3 is 4.90 Å². The highest BCUT2D eigenvalue weighted by atomic mass is 32.1. The third kappa shape index (κ3) is 4.45. The van der Waals surface area contributed by atoms with Crippen molar-refractivity contribution in [2.24, 2.45) is 0 Å². The van der Waals surface area contributed by atoms with E-state index in [-0.39, 0.29) is 17.8 Å². The van der Waals surface area contributed by atoms with E-state index in [1.165, 1.54) is 17.4 Å². The Kier molecular flexibility index (Phi) is 6.59. The van der Waals surface area contributed by atoms with Gasteiger partial charge in [-0.25, -0.2) is 9.37 Å². The van der Waals surface area contributed by atoms with Crippen molar-refractivity contribution < 1.29 is 4.39 Å². The highest BCUT2D eigenvalue weighted by Gasteiger charge is 2.18. The van der Waals surface area contributed by atoms with Gasteiger partial charge >= 0.3 is 0 Å². The van der Waals surface area contributed by atoms with Crippen LogP contribution in [0.15, 0.2) is 64.8 Å². The Balaban J connectivity index is 1.84. The number of aromatic nitrogens is 2. The zero-order valence-corrected chi connectivity index (χ0v) is 18.7. The zero-order chi connectivity index (χ0) is 21.8. The van der Waals surface area contributed by atoms with Crippen LogP contribution in [-0.2, 0) is 13.0 Å². The lowest BCUT2D eigenvalue weighted by Gasteiger charge is -2.20. The molecule has 0 unspecified atom stereocenters. The molecule has 0 aliphatic heterocycles. The summed E-state index contributed by atoms with van der Waals surface area (Å²) in [6, 6.07) is 16.6. The fourth-order valence-electron chi connectivity index (χ4n) is 3.86. The smallest absolute Gasteiger partial charge is 0.262 e. The van der Waals surface area contributed by atoms with Crippen molar-refractivity contribution in [3.05, 3.63) is 87.5 Å². The van der Waals surface area contributed by atoms with Gasteiger partial charge in [-0.2, -0.15) is 0 Å². The van der Waals surface area contributed by atoms with E-state index in [0.29, 0.717) is 28.1 Å². The summed E-state index contributed by atoms with van der Waals surface area (Å²) in [7, 11) is 0. The minimum Gasteiger partial charge on any atom is -0.302 e. The SMILES string of the molecule is CCN(CC)CCn1c(Cc2ccccc2F)nc2scc(-c3ccccc3)c2c1=O. The Hall–Kier alpha value is -2.83. The molecule has 2 aromatic carbocycles. The highest BCUT2D eigenvalue weighted by molar-refractivity contribution is 7.17. The summed E-state index contributed by atoms with van der Waals surface area (Å²) < 4.78 is 16.1. The predicted molar refractivity (Wildman–Crippen MR) is 126 cm³/mol. The first-order valence-electron chi connectivity index (χ1n) is 10.6. The van der Waals surface area contributed by atoms with Gasteiger partial charge in [0.05, 0.1) is 5.39 Å². The van der Waals surface area contributed by atoms with Crippen molar-refractivity contribution in [2.45, 2.75) is 26.8 Å². The van der Waals surface area contributed by atoms with Crippen LogP contribution in [0, 0.1) is 5.82 Å². The van der Waals surface area contributed by atoms with Crippen LogP contribution in [0.5, 0.6) is 0 Å². The summed E-state index contributed by atoms with van der Waals surface area (Å²) in [6.07, 6.45) is 0.286. The van der Waals surface area contributed by atoms with Gasteiger partial charge in [-0.3, -0.25) is 9.36 Å². The molecule has 4 aromatic rings. The second-order valence-corrected chi connectivity index (χ2v) is 8.33. The Morgan fingerprint density at radius 1 is 1.03 bits per heavy atom. The molecule has 4 rings (SSSR count). The number of nitrogens with zero attached hydrogens (tertiary/aromatic N) is 3. The van der Waals surface area contributed by atoms with E-state index < -0.39 is 0 Å². The van der Waals surface area contributed by atoms with Crippen LogP contribution in [0.25, 0.3) is 21.3 Å². The van der Waals surface area contributed by atoms with Crippen molar-refractivity contribution >= 4 is 21.6 Å². The van der Waals surface area contributed by atoms with Crippen molar-refractivity contribution in [3.63, 3.8) is 0 Å². The van der Waals surface area contributed by atoms with Crippen LogP contribution >= 0.6 is 11.3 Å². The Labute approximate surface area is 185 Å². The molecule has 0 aliphatic carbocycles. The van der Waals surface area contributed by atoms with Crippen LogP contribution in [0.1, 0.15) is 25.2 Å². The maximum Gasteiger partial charge on any atom is 0.262 e. The summed E-state index contributed by atoms with van der Waals surface area (Å²) in [5.74, 6) is 0.333. The molecule has 0 saturated carbocycles. The standard InChI is InChI=1S/C25H26FN3OS/c1-3-28(4-2)14-15-29-22(16-19-12-8-9-13-21(19)26)27-24-23(25(29)30)20(17-31-24)18-10-6-5-7-11-18/h5-13,17H,3-4,14-16H2,1-2H3. The van der Waals surface area contributed by atoms with E-state index in [0.717, 1.165) is 30.8 Å². The van der Waals surface area contributed by atoms with Gasteiger partial charge in [0.25, 0.3) is 5.56 Å². The average molecular weight is 436 g/mol. The summed E-state index contributed by atoms with van der Waals surface area (Å²) >= 11 is 1.47. The monoisotopic (exact) mass is 435 g/mol. The quantitative estimate of drug-likeness (QED) is 0.382. The van der Waals surface area contributed by atoms with E-state index in [1.807, 2.05) is 41.8 Å². The molecule has 0 saturated heterocycles. The molecule has 0 atom stereocenters.